The lowest BCUT2D eigenvalue weighted by Gasteiger charge is -2.22. The van der Waals surface area contributed by atoms with Crippen LogP contribution in [0.5, 0.6) is 0 Å². The third kappa shape index (κ3) is 4.17. The van der Waals surface area contributed by atoms with Gasteiger partial charge >= 0.3 is 12.0 Å². The number of carbonyl (C=O) groups excluding carboxylic acids is 4. The molecule has 3 amide bonds. The predicted octanol–water partition coefficient (Wildman–Crippen LogP) is 3.24. The summed E-state index contributed by atoms with van der Waals surface area (Å²) in [5.74, 6) is -1.60. The maximum Gasteiger partial charge on any atom is 0.326 e. The van der Waals surface area contributed by atoms with Gasteiger partial charge in [-0.25, -0.2) is 4.79 Å². The molecule has 1 aliphatic rings. The van der Waals surface area contributed by atoms with E-state index in [1.165, 1.54) is 0 Å². The van der Waals surface area contributed by atoms with Gasteiger partial charge in [0, 0.05) is 22.6 Å². The summed E-state index contributed by atoms with van der Waals surface area (Å²) in [6.45, 7) is 8.36. The molecule has 0 atom stereocenters. The van der Waals surface area contributed by atoms with Gasteiger partial charge in [0.05, 0.1) is 0 Å². The fourth-order valence-corrected chi connectivity index (χ4v) is 4.08. The molecule has 3 rings (SSSR count). The van der Waals surface area contributed by atoms with Gasteiger partial charge in [-0.1, -0.05) is 31.5 Å². The number of hydrogen-bond donors (Lipinski definition) is 1. The van der Waals surface area contributed by atoms with Crippen molar-refractivity contribution in [3.05, 3.63) is 52.8 Å². The van der Waals surface area contributed by atoms with Crippen molar-refractivity contribution in [2.45, 2.75) is 53.0 Å². The molecule has 2 aromatic rings. The number of nitrogens with one attached hydrogen (secondary N) is 1. The Kier molecular flexibility index (Phi) is 6.52. The zero-order valence-corrected chi connectivity index (χ0v) is 19.2. The number of aryl methyl sites for hydroxylation is 2. The van der Waals surface area contributed by atoms with Crippen LogP contribution < -0.4 is 5.32 Å². The molecule has 0 bridgehead atoms. The number of aromatic nitrogens is 1. The van der Waals surface area contributed by atoms with Crippen molar-refractivity contribution < 1.29 is 23.9 Å². The SMILES string of the molecule is CCC1(CC)NC(=O)N(CC(=O)OCC(=O)c2cc(C)n(-c3ccc(C)cc3)c2C)C1=O. The van der Waals surface area contributed by atoms with Crippen molar-refractivity contribution in [2.24, 2.45) is 0 Å². The van der Waals surface area contributed by atoms with E-state index >= 15 is 0 Å². The molecule has 1 N–H and O–H groups in total. The number of urea groups is 1. The minimum Gasteiger partial charge on any atom is -0.456 e. The van der Waals surface area contributed by atoms with Gasteiger partial charge in [0.25, 0.3) is 5.91 Å². The Balaban J connectivity index is 1.66. The number of benzene rings is 1. The van der Waals surface area contributed by atoms with Crippen LogP contribution in [0.1, 0.15) is 54.0 Å². The molecule has 1 fully saturated rings. The van der Waals surface area contributed by atoms with E-state index in [2.05, 4.69) is 5.32 Å². The summed E-state index contributed by atoms with van der Waals surface area (Å²) in [6.07, 6.45) is 0.851. The van der Waals surface area contributed by atoms with Gasteiger partial charge in [0.2, 0.25) is 5.78 Å². The number of imide groups is 1. The van der Waals surface area contributed by atoms with E-state index in [9.17, 15) is 19.2 Å². The Labute approximate surface area is 187 Å². The van der Waals surface area contributed by atoms with Gasteiger partial charge in [-0.15, -0.1) is 0 Å². The fraction of sp³-hybridized carbons (Fsp3) is 0.417. The average Bonchev–Trinajstić information content (AvgIpc) is 3.20. The van der Waals surface area contributed by atoms with Crippen LogP contribution in [0.15, 0.2) is 30.3 Å². The molecular formula is C24H29N3O5. The zero-order chi connectivity index (χ0) is 23.6. The first kappa shape index (κ1) is 23.2. The Morgan fingerprint density at radius 3 is 2.22 bits per heavy atom. The number of ketones is 1. The topological polar surface area (TPSA) is 97.7 Å². The highest BCUT2D eigenvalue weighted by molar-refractivity contribution is 6.08. The Hall–Kier alpha value is -3.42. The second kappa shape index (κ2) is 8.98. The van der Waals surface area contributed by atoms with Gasteiger partial charge in [-0.2, -0.15) is 0 Å². The molecule has 32 heavy (non-hydrogen) atoms. The number of hydrogen-bond acceptors (Lipinski definition) is 5. The molecule has 1 aromatic carbocycles. The first-order chi connectivity index (χ1) is 15.1. The van der Waals surface area contributed by atoms with Crippen LogP contribution in [0.3, 0.4) is 0 Å². The molecule has 1 aliphatic heterocycles. The molecule has 2 heterocycles. The van der Waals surface area contributed by atoms with E-state index in [0.29, 0.717) is 18.4 Å². The number of esters is 1. The third-order valence-corrected chi connectivity index (χ3v) is 6.13. The maximum atomic E-state index is 12.7. The lowest BCUT2D eigenvalue weighted by atomic mass is 9.93. The quantitative estimate of drug-likeness (QED) is 0.387. The number of amides is 3. The molecule has 1 saturated heterocycles. The van der Waals surface area contributed by atoms with E-state index < -0.39 is 36.6 Å². The molecule has 0 aliphatic carbocycles. The highest BCUT2D eigenvalue weighted by atomic mass is 16.5. The lowest BCUT2D eigenvalue weighted by molar-refractivity contribution is -0.146. The Morgan fingerprint density at radius 2 is 1.66 bits per heavy atom. The van der Waals surface area contributed by atoms with Crippen molar-refractivity contribution in [1.82, 2.24) is 14.8 Å². The summed E-state index contributed by atoms with van der Waals surface area (Å²) in [7, 11) is 0. The molecule has 8 heteroatoms. The number of Topliss-reactive ketones (excluding diaryl/α,β-unsaturated/α-hetero) is 1. The van der Waals surface area contributed by atoms with Gasteiger partial charge in [-0.05, 0) is 51.8 Å². The van der Waals surface area contributed by atoms with Crippen molar-refractivity contribution in [1.29, 1.82) is 0 Å². The van der Waals surface area contributed by atoms with Crippen LogP contribution >= 0.6 is 0 Å². The largest absolute Gasteiger partial charge is 0.456 e. The summed E-state index contributed by atoms with van der Waals surface area (Å²) in [6, 6.07) is 9.10. The summed E-state index contributed by atoms with van der Waals surface area (Å²) in [5.41, 5.74) is 3.19. The van der Waals surface area contributed by atoms with Crippen LogP contribution in [0.4, 0.5) is 4.79 Å². The van der Waals surface area contributed by atoms with Gasteiger partial charge in [-0.3, -0.25) is 19.3 Å². The first-order valence-electron chi connectivity index (χ1n) is 10.7. The zero-order valence-electron chi connectivity index (χ0n) is 19.2. The Bertz CT molecular complexity index is 1060. The van der Waals surface area contributed by atoms with Crippen molar-refractivity contribution >= 4 is 23.7 Å². The summed E-state index contributed by atoms with van der Waals surface area (Å²) >= 11 is 0. The van der Waals surface area contributed by atoms with E-state index in [1.54, 1.807) is 19.9 Å². The van der Waals surface area contributed by atoms with Gasteiger partial charge in [0.15, 0.2) is 6.61 Å². The molecule has 1 aromatic heterocycles. The predicted molar refractivity (Wildman–Crippen MR) is 119 cm³/mol. The third-order valence-electron chi connectivity index (χ3n) is 6.13. The highest BCUT2D eigenvalue weighted by Crippen LogP contribution is 2.25. The summed E-state index contributed by atoms with van der Waals surface area (Å²) < 4.78 is 7.08. The fourth-order valence-electron chi connectivity index (χ4n) is 4.08. The highest BCUT2D eigenvalue weighted by Gasteiger charge is 2.49. The van der Waals surface area contributed by atoms with Crippen molar-refractivity contribution in [3.8, 4) is 5.69 Å². The van der Waals surface area contributed by atoms with Gasteiger partial charge in [0.1, 0.15) is 12.1 Å². The van der Waals surface area contributed by atoms with E-state index in [1.807, 2.05) is 49.6 Å². The monoisotopic (exact) mass is 439 g/mol. The van der Waals surface area contributed by atoms with Crippen LogP contribution in [0, 0.1) is 20.8 Å². The van der Waals surface area contributed by atoms with Crippen LogP contribution in [0.2, 0.25) is 0 Å². The number of ether oxygens (including phenoxy) is 1. The number of rotatable bonds is 8. The first-order valence-corrected chi connectivity index (χ1v) is 10.7. The van der Waals surface area contributed by atoms with Gasteiger partial charge < -0.3 is 14.6 Å². The maximum absolute atomic E-state index is 12.7. The average molecular weight is 440 g/mol. The van der Waals surface area contributed by atoms with Crippen LogP contribution in [0.25, 0.3) is 5.69 Å². The van der Waals surface area contributed by atoms with Crippen LogP contribution in [-0.4, -0.2) is 51.8 Å². The second-order valence-corrected chi connectivity index (χ2v) is 8.15. The molecule has 8 nitrogen and oxygen atoms in total. The number of carbonyl (C=O) groups is 4. The summed E-state index contributed by atoms with van der Waals surface area (Å²) in [5, 5.41) is 2.66. The van der Waals surface area contributed by atoms with Crippen molar-refractivity contribution in [2.75, 3.05) is 13.2 Å². The molecule has 0 saturated carbocycles. The van der Waals surface area contributed by atoms with Crippen molar-refractivity contribution in [3.63, 3.8) is 0 Å². The summed E-state index contributed by atoms with van der Waals surface area (Å²) in [4.78, 5) is 50.6. The van der Waals surface area contributed by atoms with E-state index in [-0.39, 0.29) is 5.78 Å². The minimum absolute atomic E-state index is 0.349. The minimum atomic E-state index is -0.985. The molecule has 0 radical (unpaired) electrons. The van der Waals surface area contributed by atoms with E-state index in [0.717, 1.165) is 27.5 Å². The van der Waals surface area contributed by atoms with Crippen LogP contribution in [-0.2, 0) is 14.3 Å². The normalized spacial score (nSPS) is 15.1. The Morgan fingerprint density at radius 1 is 1.03 bits per heavy atom. The number of nitrogens with zero attached hydrogens (tertiary/aromatic N) is 2. The molecular weight excluding hydrogens is 410 g/mol. The molecule has 170 valence electrons. The lowest BCUT2D eigenvalue weighted by Crippen LogP contribution is -2.46. The smallest absolute Gasteiger partial charge is 0.326 e. The standard InChI is InChI=1S/C24H29N3O5/c1-6-24(7-2)22(30)26(23(31)25-24)13-21(29)32-14-20(28)19-12-16(4)27(17(19)5)18-10-8-15(3)9-11-18/h8-12H,6-7,13-14H2,1-5H3,(H,25,31). The van der Waals surface area contributed by atoms with E-state index in [4.69, 9.17) is 4.74 Å². The second-order valence-electron chi connectivity index (χ2n) is 8.15. The molecule has 0 spiro atoms. The molecule has 0 unspecified atom stereocenters.